The summed E-state index contributed by atoms with van der Waals surface area (Å²) in [6.07, 6.45) is 1.28. The van der Waals surface area contributed by atoms with Crippen LogP contribution in [0.25, 0.3) is 11.1 Å². The number of nitrogens with zero attached hydrogens (tertiary/aromatic N) is 3. The SMILES string of the molecule is CC[C@H](C)[C@@H]([C@@H](CC(=O)N1CCC[C@H]1[C@H](OC)[C@@H](C)C(=O)N[C@@H](Cc1ccccc1)C(=O)OC)OC)N(C)C(=O)[C@@H](NC(=O)[C@]1(C)CCCN1C(=O)CCOCCOCCOCCOCCOCCOCCNC(=O)OCC1c2ccccc2-c2ccccc21)C(C)C. The maximum atomic E-state index is 14.8. The highest BCUT2D eigenvalue weighted by Gasteiger charge is 2.48. The van der Waals surface area contributed by atoms with Gasteiger partial charge in [-0.2, -0.15) is 0 Å². The molecule has 0 saturated carbocycles. The van der Waals surface area contributed by atoms with Crippen molar-refractivity contribution in [2.24, 2.45) is 17.8 Å². The van der Waals surface area contributed by atoms with Crippen molar-refractivity contribution in [2.45, 2.75) is 141 Å². The fourth-order valence-corrected chi connectivity index (χ4v) is 12.8. The third-order valence-corrected chi connectivity index (χ3v) is 18.2. The normalized spacial score (nSPS) is 18.4. The molecule has 93 heavy (non-hydrogen) atoms. The number of likely N-dealkylation sites (N-methyl/N-ethyl adjacent to an activating group) is 1. The zero-order valence-electron chi connectivity index (χ0n) is 56.5. The minimum absolute atomic E-state index is 0.00393. The molecule has 0 aromatic heterocycles. The van der Waals surface area contributed by atoms with E-state index in [0.717, 1.165) is 16.7 Å². The molecule has 0 spiro atoms. The number of likely N-dealkylation sites (tertiary alicyclic amines) is 2. The van der Waals surface area contributed by atoms with Gasteiger partial charge in [-0.05, 0) is 72.3 Å². The van der Waals surface area contributed by atoms with Gasteiger partial charge in [-0.3, -0.25) is 24.0 Å². The lowest BCUT2D eigenvalue weighted by molar-refractivity contribution is -0.150. The van der Waals surface area contributed by atoms with Crippen LogP contribution in [0.15, 0.2) is 78.9 Å². The first kappa shape index (κ1) is 75.5. The number of carbonyl (C=O) groups excluding carboxylic acids is 7. The smallest absolute Gasteiger partial charge is 0.407 e. The Hall–Kier alpha value is -6.57. The molecule has 3 aromatic carbocycles. The Morgan fingerprint density at radius 1 is 0.667 bits per heavy atom. The van der Waals surface area contributed by atoms with Crippen LogP contribution in [0, 0.1) is 17.8 Å². The molecule has 6 rings (SSSR count). The zero-order valence-corrected chi connectivity index (χ0v) is 56.5. The van der Waals surface area contributed by atoms with Crippen molar-refractivity contribution in [3.63, 3.8) is 0 Å². The Labute approximate surface area is 550 Å². The van der Waals surface area contributed by atoms with E-state index in [2.05, 4.69) is 40.2 Å². The number of esters is 1. The third-order valence-electron chi connectivity index (χ3n) is 18.2. The maximum absolute atomic E-state index is 14.8. The van der Waals surface area contributed by atoms with Crippen LogP contribution >= 0.6 is 0 Å². The van der Waals surface area contributed by atoms with Crippen molar-refractivity contribution >= 4 is 41.6 Å². The van der Waals surface area contributed by atoms with Gasteiger partial charge in [0.2, 0.25) is 29.5 Å². The predicted molar refractivity (Wildman–Crippen MR) is 349 cm³/mol. The second-order valence-corrected chi connectivity index (χ2v) is 24.7. The van der Waals surface area contributed by atoms with Crippen LogP contribution in [0.3, 0.4) is 0 Å². The molecule has 516 valence electrons. The minimum Gasteiger partial charge on any atom is -0.467 e. The van der Waals surface area contributed by atoms with Crippen molar-refractivity contribution < 1.29 is 80.9 Å². The Morgan fingerprint density at radius 2 is 1.23 bits per heavy atom. The number of alkyl carbamates (subject to hydrolysis) is 1. The van der Waals surface area contributed by atoms with Gasteiger partial charge in [0.25, 0.3) is 0 Å². The molecule has 2 aliphatic heterocycles. The van der Waals surface area contributed by atoms with Crippen LogP contribution in [0.2, 0.25) is 0 Å². The molecule has 0 radical (unpaired) electrons. The average Bonchev–Trinajstić information content (AvgIpc) is 1.66. The lowest BCUT2D eigenvalue weighted by atomic mass is 9.89. The van der Waals surface area contributed by atoms with Crippen molar-refractivity contribution in [3.8, 4) is 11.1 Å². The highest BCUT2D eigenvalue weighted by atomic mass is 16.6. The molecule has 0 bridgehead atoms. The molecule has 3 N–H and O–H groups in total. The summed E-state index contributed by atoms with van der Waals surface area (Å²) in [5.74, 6) is -3.41. The maximum Gasteiger partial charge on any atom is 0.407 e. The van der Waals surface area contributed by atoms with E-state index in [1.165, 1.54) is 32.5 Å². The van der Waals surface area contributed by atoms with Gasteiger partial charge in [0.05, 0.1) is 129 Å². The molecule has 3 aromatic rings. The molecule has 2 fully saturated rings. The molecule has 6 amide bonds. The lowest BCUT2D eigenvalue weighted by Crippen LogP contribution is -2.62. The number of ether oxygens (including phenoxy) is 10. The van der Waals surface area contributed by atoms with Gasteiger partial charge in [0.15, 0.2) is 0 Å². The number of fused-ring (bicyclic) bond motifs is 3. The van der Waals surface area contributed by atoms with E-state index in [1.54, 1.807) is 35.6 Å². The molecular weight excluding hydrogens is 1200 g/mol. The number of rotatable bonds is 42. The minimum atomic E-state index is -1.20. The summed E-state index contributed by atoms with van der Waals surface area (Å²) >= 11 is 0. The van der Waals surface area contributed by atoms with E-state index in [-0.39, 0.29) is 74.6 Å². The summed E-state index contributed by atoms with van der Waals surface area (Å²) in [6.45, 7) is 16.7. The summed E-state index contributed by atoms with van der Waals surface area (Å²) < 4.78 is 56.4. The second kappa shape index (κ2) is 39.3. The predicted octanol–water partition coefficient (Wildman–Crippen LogP) is 6.36. The van der Waals surface area contributed by atoms with E-state index >= 15 is 0 Å². The fraction of sp³-hybridized carbons (Fsp3) is 0.643. The van der Waals surface area contributed by atoms with Crippen LogP contribution in [0.1, 0.15) is 109 Å². The first-order valence-electron chi connectivity index (χ1n) is 33.1. The van der Waals surface area contributed by atoms with Crippen LogP contribution in [0.4, 0.5) is 4.79 Å². The van der Waals surface area contributed by atoms with Crippen LogP contribution in [-0.4, -0.2) is 232 Å². The number of hydrogen-bond donors (Lipinski definition) is 3. The summed E-state index contributed by atoms with van der Waals surface area (Å²) in [7, 11) is 6.00. The summed E-state index contributed by atoms with van der Waals surface area (Å²) in [5.41, 5.74) is 4.34. The fourth-order valence-electron chi connectivity index (χ4n) is 12.8. The third kappa shape index (κ3) is 21.7. The van der Waals surface area contributed by atoms with Gasteiger partial charge < -0.3 is 78.0 Å². The van der Waals surface area contributed by atoms with Gasteiger partial charge >= 0.3 is 12.1 Å². The van der Waals surface area contributed by atoms with Crippen molar-refractivity contribution in [1.82, 2.24) is 30.7 Å². The zero-order chi connectivity index (χ0) is 67.3. The standard InChI is InChI=1S/C70H104N6O17/c1-11-49(4)63(59(84-8)46-61(78)75-31-19-27-58(75)64(85-9)50(5)65(79)72-57(67(81)86-10)45-51-21-13-12-14-22-51)74(7)66(80)62(48(2)3)73-68(82)70(6)29-20-32-76(70)60(77)28-33-87-35-37-89-39-41-91-43-44-92-42-40-90-38-36-88-34-30-71-69(83)93-47-56-54-25-17-15-23-52(54)53-24-16-18-26-55(53)56/h12-18,21-26,48-50,56-59,62-64H,11,19-20,27-47H2,1-10H3,(H,71,83)(H,72,79)(H,73,82)/t49-,50+,57-,58-,59+,62-,63-,64+,70-/m0/s1. The number of carbonyl (C=O) groups is 7. The van der Waals surface area contributed by atoms with Crippen molar-refractivity contribution in [1.29, 1.82) is 0 Å². The van der Waals surface area contributed by atoms with Crippen molar-refractivity contribution in [3.05, 3.63) is 95.6 Å². The molecule has 1 aliphatic carbocycles. The van der Waals surface area contributed by atoms with Crippen LogP contribution in [0.5, 0.6) is 0 Å². The highest BCUT2D eigenvalue weighted by molar-refractivity contribution is 5.95. The molecular formula is C70H104N6O17. The number of nitrogens with one attached hydrogen (secondary N) is 3. The van der Waals surface area contributed by atoms with Gasteiger partial charge in [-0.1, -0.05) is 120 Å². The first-order valence-corrected chi connectivity index (χ1v) is 33.1. The second-order valence-electron chi connectivity index (χ2n) is 24.7. The van der Waals surface area contributed by atoms with Gasteiger partial charge in [-0.25, -0.2) is 9.59 Å². The first-order chi connectivity index (χ1) is 44.9. The lowest BCUT2D eigenvalue weighted by Gasteiger charge is -2.41. The molecule has 2 saturated heterocycles. The Morgan fingerprint density at radius 3 is 1.77 bits per heavy atom. The Bertz CT molecular complexity index is 2770. The highest BCUT2D eigenvalue weighted by Crippen LogP contribution is 2.44. The number of methoxy groups -OCH3 is 3. The summed E-state index contributed by atoms with van der Waals surface area (Å²) in [4.78, 5) is 101. The van der Waals surface area contributed by atoms with Gasteiger partial charge in [-0.15, -0.1) is 0 Å². The van der Waals surface area contributed by atoms with E-state index in [9.17, 15) is 33.6 Å². The topological polar surface area (TPSA) is 258 Å². The molecule has 23 nitrogen and oxygen atoms in total. The average molecular weight is 1300 g/mol. The molecule has 0 unspecified atom stereocenters. The monoisotopic (exact) mass is 1300 g/mol. The van der Waals surface area contributed by atoms with E-state index in [0.29, 0.717) is 118 Å². The Balaban J connectivity index is 0.826. The van der Waals surface area contributed by atoms with Crippen LogP contribution < -0.4 is 16.0 Å². The largest absolute Gasteiger partial charge is 0.467 e. The van der Waals surface area contributed by atoms with E-state index < -0.39 is 71.7 Å². The summed E-state index contributed by atoms with van der Waals surface area (Å²) in [6, 6.07) is 22.8. The number of hydrogen-bond acceptors (Lipinski definition) is 17. The molecule has 3 aliphatic rings. The van der Waals surface area contributed by atoms with E-state index in [1.807, 2.05) is 82.3 Å². The van der Waals surface area contributed by atoms with Gasteiger partial charge in [0.1, 0.15) is 24.2 Å². The quantitative estimate of drug-likeness (QED) is 0.0412. The Kier molecular flexibility index (Phi) is 31.9. The molecule has 2 heterocycles. The number of benzene rings is 3. The molecule has 23 heteroatoms. The van der Waals surface area contributed by atoms with E-state index in [4.69, 9.17) is 47.4 Å². The van der Waals surface area contributed by atoms with Crippen molar-refractivity contribution in [2.75, 3.05) is 134 Å². The summed E-state index contributed by atoms with van der Waals surface area (Å²) in [5, 5.41) is 8.65. The van der Waals surface area contributed by atoms with Crippen LogP contribution in [-0.2, 0) is 82.6 Å². The van der Waals surface area contributed by atoms with Gasteiger partial charge in [0, 0.05) is 53.2 Å². The molecule has 9 atom stereocenters. The number of amides is 6.